The molecule has 3 nitrogen and oxygen atoms in total. The highest BCUT2D eigenvalue weighted by Crippen LogP contribution is 2.31. The number of rotatable bonds is 0. The van der Waals surface area contributed by atoms with Gasteiger partial charge in [0.1, 0.15) is 0 Å². The first-order valence-corrected chi connectivity index (χ1v) is 4.50. The second-order valence-electron chi connectivity index (χ2n) is 3.52. The molecule has 2 heterocycles. The summed E-state index contributed by atoms with van der Waals surface area (Å²) in [5.41, 5.74) is -0.177. The molecule has 1 saturated heterocycles. The van der Waals surface area contributed by atoms with Crippen LogP contribution in [0.3, 0.4) is 0 Å². The third kappa shape index (κ3) is 1.14. The van der Waals surface area contributed by atoms with Crippen LogP contribution in [0.2, 0.25) is 0 Å². The Hall–Kier alpha value is -0.830. The zero-order valence-electron chi connectivity index (χ0n) is 7.10. The molecule has 12 heavy (non-hydrogen) atoms. The summed E-state index contributed by atoms with van der Waals surface area (Å²) in [6, 6.07) is 0. The summed E-state index contributed by atoms with van der Waals surface area (Å²) in [5, 5.41) is 6.15. The van der Waals surface area contributed by atoms with E-state index in [0.29, 0.717) is 6.54 Å². The van der Waals surface area contributed by atoms with Gasteiger partial charge in [0, 0.05) is 6.54 Å². The molecule has 0 aromatic heterocycles. The number of nitrogens with one attached hydrogen (secondary N) is 2. The van der Waals surface area contributed by atoms with E-state index in [2.05, 4.69) is 22.8 Å². The van der Waals surface area contributed by atoms with Gasteiger partial charge in [0.15, 0.2) is 0 Å². The Bertz CT molecular complexity index is 217. The average Bonchev–Trinajstić information content (AvgIpc) is 2.12. The van der Waals surface area contributed by atoms with E-state index in [9.17, 15) is 4.79 Å². The van der Waals surface area contributed by atoms with Crippen molar-refractivity contribution in [2.24, 2.45) is 5.41 Å². The first-order chi connectivity index (χ1) is 5.83. The van der Waals surface area contributed by atoms with E-state index < -0.39 is 0 Å². The largest absolute Gasteiger partial charge is 0.352 e. The van der Waals surface area contributed by atoms with Crippen LogP contribution < -0.4 is 10.6 Å². The van der Waals surface area contributed by atoms with Gasteiger partial charge in [0.2, 0.25) is 5.91 Å². The molecule has 0 aromatic carbocycles. The Kier molecular flexibility index (Phi) is 1.89. The van der Waals surface area contributed by atoms with Gasteiger partial charge in [-0.15, -0.1) is 0 Å². The monoisotopic (exact) mass is 166 g/mol. The van der Waals surface area contributed by atoms with Crippen LogP contribution in [0.15, 0.2) is 12.2 Å². The topological polar surface area (TPSA) is 41.1 Å². The molecule has 2 N–H and O–H groups in total. The second-order valence-corrected chi connectivity index (χ2v) is 3.52. The highest BCUT2D eigenvalue weighted by atomic mass is 16.2. The zero-order chi connectivity index (χ0) is 8.44. The summed E-state index contributed by atoms with van der Waals surface area (Å²) in [6.07, 6.45) is 6.03. The lowest BCUT2D eigenvalue weighted by Gasteiger charge is -2.35. The molecular weight excluding hydrogens is 152 g/mol. The van der Waals surface area contributed by atoms with Gasteiger partial charge in [-0.2, -0.15) is 0 Å². The normalized spacial score (nSPS) is 27.2. The summed E-state index contributed by atoms with van der Waals surface area (Å²) < 4.78 is 0. The maximum absolute atomic E-state index is 11.6. The molecule has 1 amide bonds. The molecule has 3 heteroatoms. The lowest BCUT2D eigenvalue weighted by atomic mass is 9.76. The van der Waals surface area contributed by atoms with Crippen LogP contribution in [-0.4, -0.2) is 25.5 Å². The average molecular weight is 166 g/mol. The SMILES string of the molecule is O=C1NCC=CC12CCNCC2. The van der Waals surface area contributed by atoms with Crippen molar-refractivity contribution in [2.45, 2.75) is 12.8 Å². The van der Waals surface area contributed by atoms with Gasteiger partial charge in [0.25, 0.3) is 0 Å². The minimum absolute atomic E-state index is 0.177. The van der Waals surface area contributed by atoms with Crippen molar-refractivity contribution in [3.8, 4) is 0 Å². The van der Waals surface area contributed by atoms with Crippen LogP contribution in [0.25, 0.3) is 0 Å². The smallest absolute Gasteiger partial charge is 0.230 e. The van der Waals surface area contributed by atoms with Gasteiger partial charge in [0.05, 0.1) is 5.41 Å². The Morgan fingerprint density at radius 2 is 2.08 bits per heavy atom. The fourth-order valence-electron chi connectivity index (χ4n) is 1.95. The lowest BCUT2D eigenvalue weighted by molar-refractivity contribution is -0.130. The maximum atomic E-state index is 11.6. The third-order valence-corrected chi connectivity index (χ3v) is 2.77. The number of amides is 1. The standard InChI is InChI=1S/C9H14N2O/c12-8-9(2-1-5-11-8)3-6-10-7-4-9/h1-2,10H,3-7H2,(H,11,12). The number of hydrogen-bond acceptors (Lipinski definition) is 2. The summed E-state index contributed by atoms with van der Waals surface area (Å²) in [5.74, 6) is 0.214. The van der Waals surface area contributed by atoms with Gasteiger partial charge in [-0.05, 0) is 25.9 Å². The van der Waals surface area contributed by atoms with Crippen molar-refractivity contribution in [2.75, 3.05) is 19.6 Å². The first kappa shape index (κ1) is 7.80. The Labute approximate surface area is 72.2 Å². The fraction of sp³-hybridized carbons (Fsp3) is 0.667. The molecule has 0 aliphatic carbocycles. The molecule has 2 rings (SSSR count). The van der Waals surface area contributed by atoms with Crippen molar-refractivity contribution in [1.29, 1.82) is 0 Å². The van der Waals surface area contributed by atoms with Gasteiger partial charge in [-0.3, -0.25) is 4.79 Å². The maximum Gasteiger partial charge on any atom is 0.230 e. The number of carbonyl (C=O) groups is 1. The van der Waals surface area contributed by atoms with Crippen LogP contribution in [0, 0.1) is 5.41 Å². The van der Waals surface area contributed by atoms with Crippen LogP contribution >= 0.6 is 0 Å². The molecule has 1 fully saturated rings. The number of hydrogen-bond donors (Lipinski definition) is 2. The summed E-state index contributed by atoms with van der Waals surface area (Å²) in [6.45, 7) is 2.61. The Balaban J connectivity index is 2.20. The summed E-state index contributed by atoms with van der Waals surface area (Å²) in [7, 11) is 0. The van der Waals surface area contributed by atoms with E-state index in [-0.39, 0.29) is 11.3 Å². The van der Waals surface area contributed by atoms with Crippen molar-refractivity contribution in [3.05, 3.63) is 12.2 Å². The van der Waals surface area contributed by atoms with Gasteiger partial charge < -0.3 is 10.6 Å². The van der Waals surface area contributed by atoms with E-state index in [1.807, 2.05) is 0 Å². The number of carbonyl (C=O) groups excluding carboxylic acids is 1. The molecule has 0 saturated carbocycles. The molecule has 0 aromatic rings. The summed E-state index contributed by atoms with van der Waals surface area (Å²) >= 11 is 0. The van der Waals surface area contributed by atoms with Crippen molar-refractivity contribution in [3.63, 3.8) is 0 Å². The summed E-state index contributed by atoms with van der Waals surface area (Å²) in [4.78, 5) is 11.6. The molecule has 2 aliphatic rings. The fourth-order valence-corrected chi connectivity index (χ4v) is 1.95. The quantitative estimate of drug-likeness (QED) is 0.499. The molecular formula is C9H14N2O. The molecule has 1 spiro atoms. The van der Waals surface area contributed by atoms with Gasteiger partial charge in [-0.25, -0.2) is 0 Å². The highest BCUT2D eigenvalue weighted by Gasteiger charge is 2.37. The zero-order valence-corrected chi connectivity index (χ0v) is 7.10. The van der Waals surface area contributed by atoms with E-state index in [4.69, 9.17) is 0 Å². The van der Waals surface area contributed by atoms with E-state index in [0.717, 1.165) is 25.9 Å². The van der Waals surface area contributed by atoms with Crippen molar-refractivity contribution < 1.29 is 4.79 Å². The van der Waals surface area contributed by atoms with E-state index >= 15 is 0 Å². The second kappa shape index (κ2) is 2.90. The number of piperidine rings is 1. The van der Waals surface area contributed by atoms with E-state index in [1.165, 1.54) is 0 Å². The first-order valence-electron chi connectivity index (χ1n) is 4.50. The molecule has 66 valence electrons. The molecule has 2 aliphatic heterocycles. The molecule has 0 unspecified atom stereocenters. The Morgan fingerprint density at radius 1 is 1.33 bits per heavy atom. The van der Waals surface area contributed by atoms with Crippen molar-refractivity contribution >= 4 is 5.91 Å². The minimum atomic E-state index is -0.177. The van der Waals surface area contributed by atoms with E-state index in [1.54, 1.807) is 0 Å². The van der Waals surface area contributed by atoms with Gasteiger partial charge >= 0.3 is 0 Å². The minimum Gasteiger partial charge on any atom is -0.352 e. The third-order valence-electron chi connectivity index (χ3n) is 2.77. The van der Waals surface area contributed by atoms with Crippen LogP contribution in [0.4, 0.5) is 0 Å². The lowest BCUT2D eigenvalue weighted by Crippen LogP contribution is -2.48. The highest BCUT2D eigenvalue weighted by molar-refractivity contribution is 5.85. The van der Waals surface area contributed by atoms with Crippen LogP contribution in [0.1, 0.15) is 12.8 Å². The molecule has 0 atom stereocenters. The molecule has 0 bridgehead atoms. The molecule has 0 radical (unpaired) electrons. The Morgan fingerprint density at radius 3 is 2.75 bits per heavy atom. The van der Waals surface area contributed by atoms with Crippen LogP contribution in [-0.2, 0) is 4.79 Å². The predicted octanol–water partition coefficient (Wildman–Crippen LogP) is 0.0422. The van der Waals surface area contributed by atoms with Crippen LogP contribution in [0.5, 0.6) is 0 Å². The predicted molar refractivity (Wildman–Crippen MR) is 46.7 cm³/mol. The van der Waals surface area contributed by atoms with Crippen molar-refractivity contribution in [1.82, 2.24) is 10.6 Å². The van der Waals surface area contributed by atoms with Gasteiger partial charge in [-0.1, -0.05) is 12.2 Å².